The normalized spacial score (nSPS) is 34.4. The summed E-state index contributed by atoms with van der Waals surface area (Å²) in [5.74, 6) is -12.7. The molecule has 4 saturated carbocycles. The van der Waals surface area contributed by atoms with Crippen molar-refractivity contribution in [2.75, 3.05) is 26.4 Å². The number of ether oxygens (including phenoxy) is 4. The number of rotatable bonds is 8. The van der Waals surface area contributed by atoms with Crippen molar-refractivity contribution in [3.63, 3.8) is 0 Å². The van der Waals surface area contributed by atoms with Crippen LogP contribution in [0.2, 0.25) is 0 Å². The molecule has 4 bridgehead atoms. The summed E-state index contributed by atoms with van der Waals surface area (Å²) in [4.78, 5) is 12.9. The van der Waals surface area contributed by atoms with Crippen LogP contribution in [0.1, 0.15) is 38.5 Å². The highest BCUT2D eigenvalue weighted by atomic mass is 32.2. The molecule has 214 valence electrons. The predicted octanol–water partition coefficient (Wildman–Crippen LogP) is 3.51. The minimum atomic E-state index is -6.72. The van der Waals surface area contributed by atoms with Crippen molar-refractivity contribution >= 4 is 16.1 Å². The van der Waals surface area contributed by atoms with Gasteiger partial charge in [0.25, 0.3) is 0 Å². The summed E-state index contributed by atoms with van der Waals surface area (Å²) in [6.07, 6.45) is -4.98. The van der Waals surface area contributed by atoms with Gasteiger partial charge in [-0.25, -0.2) is 8.42 Å². The zero-order valence-corrected chi connectivity index (χ0v) is 19.8. The molecule has 1 spiro atoms. The molecule has 0 amide bonds. The van der Waals surface area contributed by atoms with Gasteiger partial charge in [0.15, 0.2) is 15.9 Å². The van der Waals surface area contributed by atoms with Crippen molar-refractivity contribution in [2.45, 2.75) is 67.5 Å². The summed E-state index contributed by atoms with van der Waals surface area (Å²) < 4.78 is 159. The van der Waals surface area contributed by atoms with Gasteiger partial charge in [0.2, 0.25) is 0 Å². The van der Waals surface area contributed by atoms with Gasteiger partial charge < -0.3 is 23.5 Å². The smallest absolute Gasteiger partial charge is 0.433 e. The van der Waals surface area contributed by atoms with Gasteiger partial charge in [-0.15, -0.1) is 0 Å². The summed E-state index contributed by atoms with van der Waals surface area (Å²) in [5.41, 5.74) is -1.12. The minimum absolute atomic E-state index is 0.0259. The largest absolute Gasteiger partial charge is 0.743 e. The molecular formula is C20H23F8O8S-. The number of alkyl halides is 8. The lowest BCUT2D eigenvalue weighted by Gasteiger charge is -2.62. The van der Waals surface area contributed by atoms with Gasteiger partial charge in [-0.2, -0.15) is 35.1 Å². The van der Waals surface area contributed by atoms with E-state index >= 15 is 0 Å². The Balaban J connectivity index is 1.35. The molecule has 5 rings (SSSR count). The van der Waals surface area contributed by atoms with E-state index in [4.69, 9.17) is 14.2 Å². The fraction of sp³-hybridized carbons (Fsp3) is 0.950. The number of esters is 1. The van der Waals surface area contributed by atoms with Crippen LogP contribution in [0.15, 0.2) is 0 Å². The lowest BCUT2D eigenvalue weighted by molar-refractivity contribution is -0.346. The van der Waals surface area contributed by atoms with Crippen LogP contribution in [0.25, 0.3) is 0 Å². The molecule has 2 unspecified atom stereocenters. The van der Waals surface area contributed by atoms with E-state index in [1.165, 1.54) is 0 Å². The Morgan fingerprint density at radius 2 is 1.43 bits per heavy atom. The van der Waals surface area contributed by atoms with Crippen LogP contribution in [-0.2, 0) is 33.9 Å². The standard InChI is InChI=1S/C20H24F8O8S/c21-16(22)9-35-18(36-10-17(16,23)24)12-4-11-5-13(18)8-15(6-11,7-12)14(29)33-2-1-3-34-19(25,26)20(27,28)37(30,31)32/h11-13H,1-10H2,(H,30,31,32)/p-1. The van der Waals surface area contributed by atoms with E-state index in [0.717, 1.165) is 0 Å². The SMILES string of the molecule is O=C(OCCCOC(F)(F)C(F)(F)S(=O)(=O)[O-])C12CC3CC(C1)C1(OCC(F)(F)C(F)(F)CO1)C(C3)C2. The summed E-state index contributed by atoms with van der Waals surface area (Å²) in [7, 11) is -6.72. The number of halogens is 8. The zero-order valence-electron chi connectivity index (χ0n) is 19.0. The molecule has 17 heteroatoms. The molecule has 2 atom stereocenters. The van der Waals surface area contributed by atoms with Crippen LogP contribution < -0.4 is 0 Å². The van der Waals surface area contributed by atoms with Gasteiger partial charge in [0.1, 0.15) is 13.2 Å². The molecule has 0 aromatic heterocycles. The maximum atomic E-state index is 13.9. The second-order valence-electron chi connectivity index (χ2n) is 10.2. The first-order valence-electron chi connectivity index (χ1n) is 11.3. The van der Waals surface area contributed by atoms with E-state index in [2.05, 4.69) is 4.74 Å². The average molecular weight is 575 g/mol. The Morgan fingerprint density at radius 1 is 0.919 bits per heavy atom. The Labute approximate surface area is 205 Å². The summed E-state index contributed by atoms with van der Waals surface area (Å²) in [6.45, 7) is -4.86. The lowest BCUT2D eigenvalue weighted by atomic mass is 9.47. The molecule has 5 fully saturated rings. The molecule has 8 nitrogen and oxygen atoms in total. The van der Waals surface area contributed by atoms with Gasteiger partial charge in [-0.3, -0.25) is 4.79 Å². The molecule has 0 aromatic rings. The second-order valence-corrected chi connectivity index (χ2v) is 11.6. The van der Waals surface area contributed by atoms with Crippen LogP contribution in [0.3, 0.4) is 0 Å². The molecule has 5 aliphatic rings. The zero-order chi connectivity index (χ0) is 27.7. The fourth-order valence-electron chi connectivity index (χ4n) is 6.11. The molecule has 1 heterocycles. The summed E-state index contributed by atoms with van der Waals surface area (Å²) >= 11 is 0. The number of hydrogen-bond acceptors (Lipinski definition) is 8. The third kappa shape index (κ3) is 4.61. The first-order chi connectivity index (χ1) is 16.8. The van der Waals surface area contributed by atoms with Crippen molar-refractivity contribution in [1.29, 1.82) is 0 Å². The maximum Gasteiger partial charge on any atom is 0.433 e. The van der Waals surface area contributed by atoms with Crippen molar-refractivity contribution in [2.24, 2.45) is 23.2 Å². The fourth-order valence-corrected chi connectivity index (χ4v) is 6.46. The highest BCUT2D eigenvalue weighted by molar-refractivity contribution is 7.86. The van der Waals surface area contributed by atoms with Crippen LogP contribution in [0.4, 0.5) is 35.1 Å². The molecule has 1 aliphatic heterocycles. The van der Waals surface area contributed by atoms with Crippen molar-refractivity contribution in [3.05, 3.63) is 0 Å². The summed E-state index contributed by atoms with van der Waals surface area (Å²) in [5, 5.41) is -6.01. The Morgan fingerprint density at radius 3 is 1.92 bits per heavy atom. The van der Waals surface area contributed by atoms with Gasteiger partial charge in [0, 0.05) is 18.3 Å². The van der Waals surface area contributed by atoms with Crippen molar-refractivity contribution in [3.8, 4) is 0 Å². The van der Waals surface area contributed by atoms with Crippen LogP contribution in [0, 0.1) is 23.2 Å². The van der Waals surface area contributed by atoms with Crippen molar-refractivity contribution < 1.29 is 71.8 Å². The molecular weight excluding hydrogens is 552 g/mol. The van der Waals surface area contributed by atoms with Gasteiger partial charge in [0.05, 0.1) is 18.6 Å². The molecule has 1 saturated heterocycles. The third-order valence-electron chi connectivity index (χ3n) is 7.71. The quantitative estimate of drug-likeness (QED) is 0.187. The number of carbonyl (C=O) groups excluding carboxylic acids is 1. The second kappa shape index (κ2) is 8.86. The van der Waals surface area contributed by atoms with Gasteiger partial charge in [-0.05, 0) is 38.0 Å². The monoisotopic (exact) mass is 575 g/mol. The van der Waals surface area contributed by atoms with E-state index in [1.807, 2.05) is 0 Å². The Hall–Kier alpha value is -1.30. The van der Waals surface area contributed by atoms with E-state index < -0.39 is 95.2 Å². The van der Waals surface area contributed by atoms with Gasteiger partial charge in [-0.1, -0.05) is 0 Å². The van der Waals surface area contributed by atoms with Crippen LogP contribution >= 0.6 is 0 Å². The Kier molecular flexibility index (Phi) is 6.87. The molecule has 0 aromatic carbocycles. The van der Waals surface area contributed by atoms with Crippen LogP contribution in [-0.4, -0.2) is 74.4 Å². The molecule has 0 radical (unpaired) electrons. The van der Waals surface area contributed by atoms with Gasteiger partial charge >= 0.3 is 29.2 Å². The van der Waals surface area contributed by atoms with Crippen LogP contribution in [0.5, 0.6) is 0 Å². The maximum absolute atomic E-state index is 13.9. The highest BCUT2D eigenvalue weighted by Crippen LogP contribution is 2.66. The van der Waals surface area contributed by atoms with E-state index in [0.29, 0.717) is 19.3 Å². The minimum Gasteiger partial charge on any atom is -0.743 e. The molecule has 0 N–H and O–H groups in total. The molecule has 37 heavy (non-hydrogen) atoms. The highest BCUT2D eigenvalue weighted by Gasteiger charge is 2.70. The topological polar surface area (TPSA) is 111 Å². The predicted molar refractivity (Wildman–Crippen MR) is 102 cm³/mol. The first kappa shape index (κ1) is 28.7. The van der Waals surface area contributed by atoms with Crippen molar-refractivity contribution in [1.82, 2.24) is 0 Å². The Bertz CT molecular complexity index is 984. The summed E-state index contributed by atoms with van der Waals surface area (Å²) in [6, 6.07) is 0. The average Bonchev–Trinajstić information content (AvgIpc) is 2.85. The first-order valence-corrected chi connectivity index (χ1v) is 12.8. The lowest BCUT2D eigenvalue weighted by Crippen LogP contribution is -2.65. The van der Waals surface area contributed by atoms with E-state index in [1.54, 1.807) is 0 Å². The third-order valence-corrected chi connectivity index (χ3v) is 8.58. The van der Waals surface area contributed by atoms with E-state index in [-0.39, 0.29) is 18.8 Å². The van der Waals surface area contributed by atoms with E-state index in [9.17, 15) is 52.9 Å². The number of hydrogen-bond donors (Lipinski definition) is 0. The molecule has 4 aliphatic carbocycles. The number of carbonyl (C=O) groups is 1.